The predicted octanol–water partition coefficient (Wildman–Crippen LogP) is 2.54. The van der Waals surface area contributed by atoms with E-state index in [0.717, 1.165) is 38.2 Å². The molecule has 1 aliphatic heterocycles. The van der Waals surface area contributed by atoms with Crippen molar-refractivity contribution >= 4 is 0 Å². The van der Waals surface area contributed by atoms with Crippen molar-refractivity contribution in [2.24, 2.45) is 0 Å². The maximum atomic E-state index is 10.3. The summed E-state index contributed by atoms with van der Waals surface area (Å²) in [7, 11) is 1.62. The molecule has 20 heavy (non-hydrogen) atoms. The van der Waals surface area contributed by atoms with E-state index >= 15 is 0 Å². The second-order valence-corrected chi connectivity index (χ2v) is 5.37. The summed E-state index contributed by atoms with van der Waals surface area (Å²) in [6, 6.07) is 5.98. The highest BCUT2D eigenvalue weighted by Gasteiger charge is 2.24. The number of methoxy groups -OCH3 is 1. The first-order chi connectivity index (χ1) is 9.76. The fraction of sp³-hybridized carbons (Fsp3) is 0.625. The number of aromatic hydroxyl groups is 1. The van der Waals surface area contributed by atoms with E-state index in [2.05, 4.69) is 17.1 Å². The third kappa shape index (κ3) is 3.64. The third-order valence-electron chi connectivity index (χ3n) is 4.02. The summed E-state index contributed by atoms with van der Waals surface area (Å²) in [5, 5.41) is 13.7. The molecule has 0 saturated carbocycles. The van der Waals surface area contributed by atoms with E-state index in [-0.39, 0.29) is 0 Å². The first-order valence-electron chi connectivity index (χ1n) is 7.58. The predicted molar refractivity (Wildman–Crippen MR) is 81.4 cm³/mol. The Morgan fingerprint density at radius 1 is 1.35 bits per heavy atom. The lowest BCUT2D eigenvalue weighted by Crippen LogP contribution is -2.45. The van der Waals surface area contributed by atoms with Crippen LogP contribution in [-0.4, -0.2) is 43.3 Å². The van der Waals surface area contributed by atoms with E-state index in [1.54, 1.807) is 13.2 Å². The summed E-state index contributed by atoms with van der Waals surface area (Å²) in [6.45, 7) is 6.35. The van der Waals surface area contributed by atoms with Gasteiger partial charge < -0.3 is 15.2 Å². The molecular formula is C16H26N2O2. The zero-order valence-corrected chi connectivity index (χ0v) is 12.6. The van der Waals surface area contributed by atoms with Gasteiger partial charge in [0, 0.05) is 43.9 Å². The monoisotopic (exact) mass is 278 g/mol. The van der Waals surface area contributed by atoms with E-state index in [1.807, 2.05) is 12.1 Å². The molecule has 1 aliphatic rings. The van der Waals surface area contributed by atoms with Gasteiger partial charge in [-0.05, 0) is 12.5 Å². The van der Waals surface area contributed by atoms with Crippen molar-refractivity contribution in [3.8, 4) is 11.5 Å². The highest BCUT2D eigenvalue weighted by Crippen LogP contribution is 2.34. The number of ether oxygens (including phenoxy) is 1. The Bertz CT molecular complexity index is 417. The average Bonchev–Trinajstić information content (AvgIpc) is 2.50. The van der Waals surface area contributed by atoms with Crippen molar-refractivity contribution in [2.75, 3.05) is 33.3 Å². The third-order valence-corrected chi connectivity index (χ3v) is 4.02. The minimum atomic E-state index is 0.308. The fourth-order valence-electron chi connectivity index (χ4n) is 2.86. The molecule has 0 bridgehead atoms. The number of hydrogen-bond donors (Lipinski definition) is 2. The smallest absolute Gasteiger partial charge is 0.124 e. The number of benzene rings is 1. The largest absolute Gasteiger partial charge is 0.507 e. The van der Waals surface area contributed by atoms with Crippen LogP contribution in [0.4, 0.5) is 0 Å². The summed E-state index contributed by atoms with van der Waals surface area (Å²) < 4.78 is 5.17. The van der Waals surface area contributed by atoms with Crippen molar-refractivity contribution in [3.05, 3.63) is 23.8 Å². The number of unbranched alkanes of at least 4 members (excludes halogenated alkanes) is 1. The lowest BCUT2D eigenvalue weighted by molar-refractivity contribution is 0.160. The van der Waals surface area contributed by atoms with Crippen LogP contribution in [0.15, 0.2) is 18.2 Å². The van der Waals surface area contributed by atoms with Crippen LogP contribution in [0, 0.1) is 0 Å². The van der Waals surface area contributed by atoms with Crippen molar-refractivity contribution in [1.29, 1.82) is 0 Å². The van der Waals surface area contributed by atoms with Crippen molar-refractivity contribution < 1.29 is 9.84 Å². The quantitative estimate of drug-likeness (QED) is 0.839. The van der Waals surface area contributed by atoms with E-state index in [0.29, 0.717) is 17.5 Å². The molecule has 0 aromatic heterocycles. The zero-order chi connectivity index (χ0) is 14.4. The van der Waals surface area contributed by atoms with Crippen LogP contribution in [-0.2, 0) is 0 Å². The lowest BCUT2D eigenvalue weighted by atomic mass is 9.97. The second kappa shape index (κ2) is 7.50. The van der Waals surface area contributed by atoms with E-state index in [9.17, 15) is 5.11 Å². The van der Waals surface area contributed by atoms with E-state index < -0.39 is 0 Å². The molecule has 1 saturated heterocycles. The number of nitrogens with one attached hydrogen (secondary N) is 1. The first kappa shape index (κ1) is 15.1. The SMILES string of the molecule is CCCC[C@H](c1ccc(OC)cc1O)N1CCNCC1. The molecule has 2 N–H and O–H groups in total. The summed E-state index contributed by atoms with van der Waals surface area (Å²) in [5.41, 5.74) is 1.03. The standard InChI is InChI=1S/C16H26N2O2/c1-3-4-5-15(18-10-8-17-9-11-18)14-7-6-13(20-2)12-16(14)19/h6-7,12,15,17,19H,3-5,8-11H2,1-2H3/t15-/m1/s1. The Morgan fingerprint density at radius 2 is 2.10 bits per heavy atom. The van der Waals surface area contributed by atoms with Gasteiger partial charge in [0.05, 0.1) is 7.11 Å². The Hall–Kier alpha value is -1.26. The van der Waals surface area contributed by atoms with Crippen LogP contribution >= 0.6 is 0 Å². The fourth-order valence-corrected chi connectivity index (χ4v) is 2.86. The molecule has 0 spiro atoms. The summed E-state index contributed by atoms with van der Waals surface area (Å²) in [5.74, 6) is 1.06. The molecule has 1 heterocycles. The summed E-state index contributed by atoms with van der Waals surface area (Å²) >= 11 is 0. The number of phenolic OH excluding ortho intramolecular Hbond substituents is 1. The molecule has 112 valence electrons. The van der Waals surface area contributed by atoms with Gasteiger partial charge in [0.25, 0.3) is 0 Å². The van der Waals surface area contributed by atoms with Crippen molar-refractivity contribution in [2.45, 2.75) is 32.2 Å². The Morgan fingerprint density at radius 3 is 2.70 bits per heavy atom. The molecule has 1 aromatic carbocycles. The first-order valence-corrected chi connectivity index (χ1v) is 7.58. The lowest BCUT2D eigenvalue weighted by Gasteiger charge is -2.35. The van der Waals surface area contributed by atoms with E-state index in [4.69, 9.17) is 4.74 Å². The van der Waals surface area contributed by atoms with Crippen molar-refractivity contribution in [1.82, 2.24) is 10.2 Å². The normalized spacial score (nSPS) is 17.9. The van der Waals surface area contributed by atoms with Crippen LogP contribution in [0.1, 0.15) is 37.8 Å². The van der Waals surface area contributed by atoms with Gasteiger partial charge in [-0.15, -0.1) is 0 Å². The molecular weight excluding hydrogens is 252 g/mol. The van der Waals surface area contributed by atoms with Gasteiger partial charge in [-0.25, -0.2) is 0 Å². The van der Waals surface area contributed by atoms with Gasteiger partial charge in [0.1, 0.15) is 11.5 Å². The molecule has 4 heteroatoms. The summed E-state index contributed by atoms with van der Waals surface area (Å²) in [6.07, 6.45) is 3.45. The molecule has 1 aromatic rings. The van der Waals surface area contributed by atoms with Crippen LogP contribution < -0.4 is 10.1 Å². The molecule has 1 atom stereocenters. The van der Waals surface area contributed by atoms with Gasteiger partial charge in [-0.2, -0.15) is 0 Å². The Labute approximate surface area is 121 Å². The van der Waals surface area contributed by atoms with Gasteiger partial charge in [0.2, 0.25) is 0 Å². The molecule has 0 radical (unpaired) electrons. The molecule has 0 amide bonds. The topological polar surface area (TPSA) is 44.7 Å². The molecule has 0 unspecified atom stereocenters. The Kier molecular flexibility index (Phi) is 5.68. The highest BCUT2D eigenvalue weighted by molar-refractivity contribution is 5.41. The van der Waals surface area contributed by atoms with Crippen LogP contribution in [0.25, 0.3) is 0 Å². The van der Waals surface area contributed by atoms with Gasteiger partial charge in [-0.3, -0.25) is 4.90 Å². The van der Waals surface area contributed by atoms with E-state index in [1.165, 1.54) is 12.8 Å². The highest BCUT2D eigenvalue weighted by atomic mass is 16.5. The second-order valence-electron chi connectivity index (χ2n) is 5.37. The van der Waals surface area contributed by atoms with Crippen LogP contribution in [0.5, 0.6) is 11.5 Å². The molecule has 1 fully saturated rings. The zero-order valence-electron chi connectivity index (χ0n) is 12.6. The minimum absolute atomic E-state index is 0.308. The molecule has 2 rings (SSSR count). The number of nitrogens with zero attached hydrogens (tertiary/aromatic N) is 1. The Balaban J connectivity index is 2.20. The van der Waals surface area contributed by atoms with Gasteiger partial charge in [0.15, 0.2) is 0 Å². The van der Waals surface area contributed by atoms with Crippen LogP contribution in [0.2, 0.25) is 0 Å². The maximum absolute atomic E-state index is 10.3. The van der Waals surface area contributed by atoms with Crippen molar-refractivity contribution in [3.63, 3.8) is 0 Å². The van der Waals surface area contributed by atoms with Crippen LogP contribution in [0.3, 0.4) is 0 Å². The van der Waals surface area contributed by atoms with Gasteiger partial charge in [-0.1, -0.05) is 25.8 Å². The average molecular weight is 278 g/mol. The maximum Gasteiger partial charge on any atom is 0.124 e. The number of rotatable bonds is 6. The number of phenols is 1. The number of hydrogen-bond acceptors (Lipinski definition) is 4. The summed E-state index contributed by atoms with van der Waals surface area (Å²) in [4.78, 5) is 2.48. The number of piperazine rings is 1. The van der Waals surface area contributed by atoms with Gasteiger partial charge >= 0.3 is 0 Å². The molecule has 4 nitrogen and oxygen atoms in total. The molecule has 0 aliphatic carbocycles. The minimum Gasteiger partial charge on any atom is -0.507 e.